The Morgan fingerprint density at radius 3 is 2.00 bits per heavy atom. The third kappa shape index (κ3) is 4.90. The van der Waals surface area contributed by atoms with E-state index in [1.165, 1.54) is 15.4 Å². The fraction of sp³-hybridized carbons (Fsp3) is 0.250. The first-order valence-electron chi connectivity index (χ1n) is 6.39. The molecule has 1 nitrogen and oxygen atoms in total. The molecule has 100 valence electrons. The van der Waals surface area contributed by atoms with Gasteiger partial charge in [0.2, 0.25) is 0 Å². The van der Waals surface area contributed by atoms with Gasteiger partial charge in [0.05, 0.1) is 0 Å². The highest BCUT2D eigenvalue weighted by Crippen LogP contribution is 2.28. The van der Waals surface area contributed by atoms with E-state index in [4.69, 9.17) is 11.6 Å². The Morgan fingerprint density at radius 2 is 1.47 bits per heavy atom. The highest BCUT2D eigenvalue weighted by Gasteiger charge is 1.99. The van der Waals surface area contributed by atoms with Crippen molar-refractivity contribution < 1.29 is 0 Å². The van der Waals surface area contributed by atoms with E-state index in [9.17, 15) is 0 Å². The lowest BCUT2D eigenvalue weighted by molar-refractivity contribution is 0.588. The van der Waals surface area contributed by atoms with Crippen molar-refractivity contribution in [3.63, 3.8) is 0 Å². The quantitative estimate of drug-likeness (QED) is 0.833. The van der Waals surface area contributed by atoms with Gasteiger partial charge in [0.25, 0.3) is 0 Å². The average Bonchev–Trinajstić information content (AvgIpc) is 2.40. The molecule has 0 aliphatic rings. The highest BCUT2D eigenvalue weighted by molar-refractivity contribution is 7.99. The second kappa shape index (κ2) is 6.99. The number of hydrogen-bond acceptors (Lipinski definition) is 2. The lowest BCUT2D eigenvalue weighted by atomic mass is 10.2. The van der Waals surface area contributed by atoms with Crippen LogP contribution in [-0.4, -0.2) is 6.04 Å². The summed E-state index contributed by atoms with van der Waals surface area (Å²) in [7, 11) is 0. The van der Waals surface area contributed by atoms with Gasteiger partial charge in [-0.05, 0) is 42.0 Å². The maximum Gasteiger partial charge on any atom is 0.0406 e. The minimum atomic E-state index is 0.517. The number of rotatable bonds is 5. The largest absolute Gasteiger partial charge is 0.310 e. The summed E-state index contributed by atoms with van der Waals surface area (Å²) in [5, 5.41) is 4.19. The lowest BCUT2D eigenvalue weighted by Gasteiger charge is -2.08. The summed E-state index contributed by atoms with van der Waals surface area (Å²) in [6.45, 7) is 5.24. The summed E-state index contributed by atoms with van der Waals surface area (Å²) in [6.07, 6.45) is 0. The van der Waals surface area contributed by atoms with E-state index >= 15 is 0 Å². The third-order valence-corrected chi connectivity index (χ3v) is 3.95. The molecule has 0 saturated carbocycles. The number of nitrogens with one attached hydrogen (secondary N) is 1. The van der Waals surface area contributed by atoms with Crippen LogP contribution < -0.4 is 5.32 Å². The molecule has 19 heavy (non-hydrogen) atoms. The van der Waals surface area contributed by atoms with Gasteiger partial charge in [0.15, 0.2) is 0 Å². The molecule has 0 bridgehead atoms. The van der Waals surface area contributed by atoms with E-state index in [0.717, 1.165) is 11.6 Å². The second-order valence-electron chi connectivity index (χ2n) is 4.74. The first-order valence-corrected chi connectivity index (χ1v) is 7.58. The molecule has 2 aromatic carbocycles. The molecule has 0 aliphatic carbocycles. The maximum atomic E-state index is 5.88. The molecule has 0 unspecified atom stereocenters. The molecule has 0 spiro atoms. The van der Waals surface area contributed by atoms with E-state index in [0.29, 0.717) is 6.04 Å². The van der Waals surface area contributed by atoms with Gasteiger partial charge >= 0.3 is 0 Å². The van der Waals surface area contributed by atoms with Crippen molar-refractivity contribution in [2.75, 3.05) is 0 Å². The SMILES string of the molecule is CC(C)NCc1ccc(Sc2ccc(Cl)cc2)cc1. The number of hydrogen-bond donors (Lipinski definition) is 1. The number of halogens is 1. The van der Waals surface area contributed by atoms with Crippen LogP contribution in [0.2, 0.25) is 5.02 Å². The molecule has 0 aliphatic heterocycles. The molecule has 2 rings (SSSR count). The van der Waals surface area contributed by atoms with Crippen LogP contribution in [0.4, 0.5) is 0 Å². The smallest absolute Gasteiger partial charge is 0.0406 e. The van der Waals surface area contributed by atoms with Crippen molar-refractivity contribution in [3.8, 4) is 0 Å². The summed E-state index contributed by atoms with van der Waals surface area (Å²) >= 11 is 7.63. The van der Waals surface area contributed by atoms with Crippen LogP contribution in [0, 0.1) is 0 Å². The minimum Gasteiger partial charge on any atom is -0.310 e. The van der Waals surface area contributed by atoms with Crippen LogP contribution in [0.1, 0.15) is 19.4 Å². The Morgan fingerprint density at radius 1 is 0.947 bits per heavy atom. The molecule has 3 heteroatoms. The van der Waals surface area contributed by atoms with Crippen LogP contribution in [-0.2, 0) is 6.54 Å². The molecule has 0 radical (unpaired) electrons. The zero-order valence-electron chi connectivity index (χ0n) is 11.2. The van der Waals surface area contributed by atoms with Gasteiger partial charge in [-0.25, -0.2) is 0 Å². The Bertz CT molecular complexity index is 505. The minimum absolute atomic E-state index is 0.517. The first kappa shape index (κ1) is 14.4. The Hall–Kier alpha value is -0.960. The van der Waals surface area contributed by atoms with Gasteiger partial charge in [0, 0.05) is 27.4 Å². The van der Waals surface area contributed by atoms with Crippen LogP contribution >= 0.6 is 23.4 Å². The van der Waals surface area contributed by atoms with Crippen molar-refractivity contribution in [3.05, 3.63) is 59.1 Å². The maximum absolute atomic E-state index is 5.88. The molecule has 0 fully saturated rings. The molecule has 0 aromatic heterocycles. The van der Waals surface area contributed by atoms with Crippen LogP contribution in [0.3, 0.4) is 0 Å². The van der Waals surface area contributed by atoms with Gasteiger partial charge in [-0.2, -0.15) is 0 Å². The van der Waals surface area contributed by atoms with E-state index in [1.807, 2.05) is 24.3 Å². The molecule has 0 heterocycles. The van der Waals surface area contributed by atoms with Crippen molar-refractivity contribution in [1.29, 1.82) is 0 Å². The molecule has 1 N–H and O–H groups in total. The van der Waals surface area contributed by atoms with Gasteiger partial charge in [-0.15, -0.1) is 0 Å². The van der Waals surface area contributed by atoms with Gasteiger partial charge < -0.3 is 5.32 Å². The summed E-state index contributed by atoms with van der Waals surface area (Å²) in [4.78, 5) is 2.45. The van der Waals surface area contributed by atoms with Gasteiger partial charge in [0.1, 0.15) is 0 Å². The summed E-state index contributed by atoms with van der Waals surface area (Å²) in [5.41, 5.74) is 1.31. The highest BCUT2D eigenvalue weighted by atomic mass is 35.5. The molecular formula is C16H18ClNS. The molecule has 2 aromatic rings. The lowest BCUT2D eigenvalue weighted by Crippen LogP contribution is -2.21. The third-order valence-electron chi connectivity index (χ3n) is 2.69. The van der Waals surface area contributed by atoms with Gasteiger partial charge in [-0.3, -0.25) is 0 Å². The molecular weight excluding hydrogens is 274 g/mol. The fourth-order valence-corrected chi connectivity index (χ4v) is 2.58. The fourth-order valence-electron chi connectivity index (χ4n) is 1.64. The van der Waals surface area contributed by atoms with Crippen LogP contribution in [0.25, 0.3) is 0 Å². The first-order chi connectivity index (χ1) is 9.13. The van der Waals surface area contributed by atoms with Crippen molar-refractivity contribution in [2.45, 2.75) is 36.2 Å². The van der Waals surface area contributed by atoms with E-state index < -0.39 is 0 Å². The second-order valence-corrected chi connectivity index (χ2v) is 6.32. The van der Waals surface area contributed by atoms with Gasteiger partial charge in [-0.1, -0.05) is 49.3 Å². The Balaban J connectivity index is 1.96. The van der Waals surface area contributed by atoms with E-state index in [1.54, 1.807) is 11.8 Å². The van der Waals surface area contributed by atoms with Crippen molar-refractivity contribution in [2.24, 2.45) is 0 Å². The molecule has 0 saturated heterocycles. The zero-order valence-corrected chi connectivity index (χ0v) is 12.8. The monoisotopic (exact) mass is 291 g/mol. The van der Waals surface area contributed by atoms with Crippen LogP contribution in [0.15, 0.2) is 58.3 Å². The molecule has 0 atom stereocenters. The van der Waals surface area contributed by atoms with E-state index in [2.05, 4.69) is 43.4 Å². The Labute approximate surface area is 124 Å². The van der Waals surface area contributed by atoms with Crippen molar-refractivity contribution in [1.82, 2.24) is 5.32 Å². The number of benzene rings is 2. The normalized spacial score (nSPS) is 10.9. The topological polar surface area (TPSA) is 12.0 Å². The van der Waals surface area contributed by atoms with Crippen molar-refractivity contribution >= 4 is 23.4 Å². The standard InChI is InChI=1S/C16H18ClNS/c1-12(2)18-11-13-3-7-15(8-4-13)19-16-9-5-14(17)6-10-16/h3-10,12,18H,11H2,1-2H3. The predicted molar refractivity (Wildman–Crippen MR) is 84.0 cm³/mol. The summed E-state index contributed by atoms with van der Waals surface area (Å²) in [5.74, 6) is 0. The predicted octanol–water partition coefficient (Wildman–Crippen LogP) is 4.99. The summed E-state index contributed by atoms with van der Waals surface area (Å²) < 4.78 is 0. The van der Waals surface area contributed by atoms with E-state index in [-0.39, 0.29) is 0 Å². The Kier molecular flexibility index (Phi) is 5.32. The zero-order chi connectivity index (χ0) is 13.7. The summed E-state index contributed by atoms with van der Waals surface area (Å²) in [6, 6.07) is 17.1. The average molecular weight is 292 g/mol. The molecule has 0 amide bonds. The van der Waals surface area contributed by atoms with Crippen LogP contribution in [0.5, 0.6) is 0 Å².